The van der Waals surface area contributed by atoms with Gasteiger partial charge in [-0.05, 0) is 38.8 Å². The highest BCUT2D eigenvalue weighted by Gasteiger charge is 2.36. The summed E-state index contributed by atoms with van der Waals surface area (Å²) in [6, 6.07) is 0. The number of aromatic nitrogens is 1. The summed E-state index contributed by atoms with van der Waals surface area (Å²) in [5.41, 5.74) is 1.20. The molecule has 3 heteroatoms. The fourth-order valence-electron chi connectivity index (χ4n) is 2.79. The van der Waals surface area contributed by atoms with Crippen LogP contribution in [0.5, 0.6) is 0 Å². The Morgan fingerprint density at radius 1 is 1.43 bits per heavy atom. The number of fused-ring (bicyclic) bond motifs is 3. The second-order valence-corrected chi connectivity index (χ2v) is 5.46. The molecule has 2 nitrogen and oxygen atoms in total. The smallest absolute Gasteiger partial charge is 0.0974 e. The van der Waals surface area contributed by atoms with Crippen molar-refractivity contribution in [1.82, 2.24) is 9.88 Å². The highest BCUT2D eigenvalue weighted by molar-refractivity contribution is 7.09. The number of aryl methyl sites for hydroxylation is 1. The van der Waals surface area contributed by atoms with Crippen LogP contribution >= 0.6 is 11.3 Å². The van der Waals surface area contributed by atoms with Gasteiger partial charge >= 0.3 is 0 Å². The maximum atomic E-state index is 4.64. The van der Waals surface area contributed by atoms with Crippen LogP contribution in [0.15, 0.2) is 5.38 Å². The Balaban J connectivity index is 1.85. The van der Waals surface area contributed by atoms with Crippen LogP contribution in [-0.4, -0.2) is 29.5 Å². The molecular formula is C11H16N2S. The van der Waals surface area contributed by atoms with Crippen molar-refractivity contribution in [3.63, 3.8) is 0 Å². The molecule has 1 unspecified atom stereocenters. The van der Waals surface area contributed by atoms with E-state index in [9.17, 15) is 0 Å². The lowest BCUT2D eigenvalue weighted by Crippen LogP contribution is -2.46. The number of nitrogens with zero attached hydrogens (tertiary/aromatic N) is 2. The van der Waals surface area contributed by atoms with E-state index in [1.807, 2.05) is 11.3 Å². The van der Waals surface area contributed by atoms with Gasteiger partial charge in [0.2, 0.25) is 0 Å². The summed E-state index contributed by atoms with van der Waals surface area (Å²) >= 11 is 1.86. The van der Waals surface area contributed by atoms with E-state index in [0.29, 0.717) is 0 Å². The minimum Gasteiger partial charge on any atom is -0.303 e. The molecule has 0 radical (unpaired) electrons. The van der Waals surface area contributed by atoms with Crippen molar-refractivity contribution in [2.24, 2.45) is 5.92 Å². The highest BCUT2D eigenvalue weighted by atomic mass is 32.1. The lowest BCUT2D eigenvalue weighted by atomic mass is 9.79. The summed E-state index contributed by atoms with van der Waals surface area (Å²) in [5, 5.41) is 3.57. The average molecular weight is 208 g/mol. The molecular weight excluding hydrogens is 192 g/mol. The fraction of sp³-hybridized carbons (Fsp3) is 0.727. The Hall–Kier alpha value is -0.410. The van der Waals surface area contributed by atoms with E-state index in [4.69, 9.17) is 0 Å². The predicted octanol–water partition coefficient (Wildman–Crippen LogP) is 2.26. The van der Waals surface area contributed by atoms with Gasteiger partial charge in [0.1, 0.15) is 0 Å². The van der Waals surface area contributed by atoms with Gasteiger partial charge in [-0.3, -0.25) is 0 Å². The lowest BCUT2D eigenvalue weighted by molar-refractivity contribution is 0.0869. The molecule has 4 heterocycles. The number of hydrogen-bond donors (Lipinski definition) is 0. The summed E-state index contributed by atoms with van der Waals surface area (Å²) < 4.78 is 0. The van der Waals surface area contributed by atoms with Gasteiger partial charge in [-0.15, -0.1) is 11.3 Å². The first-order chi connectivity index (χ1) is 6.83. The first kappa shape index (κ1) is 8.86. The van der Waals surface area contributed by atoms with Gasteiger partial charge in [0.25, 0.3) is 0 Å². The quantitative estimate of drug-likeness (QED) is 0.704. The number of rotatable bonds is 1. The zero-order valence-corrected chi connectivity index (χ0v) is 9.39. The molecule has 3 aliphatic heterocycles. The first-order valence-corrected chi connectivity index (χ1v) is 6.35. The van der Waals surface area contributed by atoms with Crippen LogP contribution in [0.2, 0.25) is 0 Å². The van der Waals surface area contributed by atoms with Crippen LogP contribution in [0, 0.1) is 12.8 Å². The lowest BCUT2D eigenvalue weighted by Gasteiger charge is -2.44. The van der Waals surface area contributed by atoms with E-state index in [1.54, 1.807) is 0 Å². The molecule has 1 aromatic rings. The van der Waals surface area contributed by atoms with E-state index >= 15 is 0 Å². The van der Waals surface area contributed by atoms with Crippen LogP contribution in [0.4, 0.5) is 0 Å². The van der Waals surface area contributed by atoms with Gasteiger partial charge in [0, 0.05) is 23.5 Å². The zero-order chi connectivity index (χ0) is 9.54. The van der Waals surface area contributed by atoms with Crippen LogP contribution in [0.1, 0.15) is 29.5 Å². The van der Waals surface area contributed by atoms with E-state index in [1.165, 1.54) is 43.2 Å². The predicted molar refractivity (Wildman–Crippen MR) is 58.8 cm³/mol. The summed E-state index contributed by atoms with van der Waals surface area (Å²) in [7, 11) is 0. The van der Waals surface area contributed by atoms with Crippen LogP contribution in [-0.2, 0) is 0 Å². The first-order valence-electron chi connectivity index (χ1n) is 5.47. The molecule has 0 spiro atoms. The molecule has 1 atom stereocenters. The van der Waals surface area contributed by atoms with Crippen molar-refractivity contribution >= 4 is 11.3 Å². The van der Waals surface area contributed by atoms with E-state index in [-0.39, 0.29) is 0 Å². The Morgan fingerprint density at radius 3 is 2.71 bits per heavy atom. The average Bonchev–Trinajstić information content (AvgIpc) is 2.66. The summed E-state index contributed by atoms with van der Waals surface area (Å²) in [5.74, 6) is 1.67. The Kier molecular flexibility index (Phi) is 2.10. The van der Waals surface area contributed by atoms with Gasteiger partial charge < -0.3 is 4.90 Å². The van der Waals surface area contributed by atoms with Crippen LogP contribution in [0.3, 0.4) is 0 Å². The monoisotopic (exact) mass is 208 g/mol. The molecule has 14 heavy (non-hydrogen) atoms. The third kappa shape index (κ3) is 1.39. The molecule has 0 amide bonds. The van der Waals surface area contributed by atoms with E-state index < -0.39 is 0 Å². The highest BCUT2D eigenvalue weighted by Crippen LogP contribution is 2.39. The van der Waals surface area contributed by atoms with Crippen molar-refractivity contribution in [2.45, 2.75) is 25.7 Å². The normalized spacial score (nSPS) is 36.2. The molecule has 3 fully saturated rings. The summed E-state index contributed by atoms with van der Waals surface area (Å²) in [6.07, 6.45) is 2.78. The standard InChI is InChI=1S/C11H16N2S/c1-8-7-14-11(12-8)10-6-13-4-2-9(10)3-5-13/h7,9-10H,2-6H2,1H3. The van der Waals surface area contributed by atoms with Crippen molar-refractivity contribution in [3.05, 3.63) is 16.1 Å². The Morgan fingerprint density at radius 2 is 2.21 bits per heavy atom. The zero-order valence-electron chi connectivity index (χ0n) is 8.57. The molecule has 0 aromatic carbocycles. The summed E-state index contributed by atoms with van der Waals surface area (Å²) in [6.45, 7) is 6.01. The maximum Gasteiger partial charge on any atom is 0.0974 e. The molecule has 1 aromatic heterocycles. The molecule has 0 N–H and O–H groups in total. The van der Waals surface area contributed by atoms with Crippen molar-refractivity contribution in [1.29, 1.82) is 0 Å². The Labute approximate surface area is 89.0 Å². The van der Waals surface area contributed by atoms with Crippen molar-refractivity contribution in [2.75, 3.05) is 19.6 Å². The number of piperidine rings is 3. The molecule has 0 aliphatic carbocycles. The van der Waals surface area contributed by atoms with Crippen LogP contribution < -0.4 is 0 Å². The van der Waals surface area contributed by atoms with Crippen molar-refractivity contribution < 1.29 is 0 Å². The number of hydrogen-bond acceptors (Lipinski definition) is 3. The van der Waals surface area contributed by atoms with E-state index in [0.717, 1.165) is 11.8 Å². The maximum absolute atomic E-state index is 4.64. The molecule has 0 saturated carbocycles. The molecule has 2 bridgehead atoms. The number of thiazole rings is 1. The summed E-state index contributed by atoms with van der Waals surface area (Å²) in [4.78, 5) is 7.24. The topological polar surface area (TPSA) is 16.1 Å². The SMILES string of the molecule is Cc1csc(C2CN3CCC2CC3)n1. The van der Waals surface area contributed by atoms with Gasteiger partial charge in [-0.1, -0.05) is 0 Å². The largest absolute Gasteiger partial charge is 0.303 e. The molecule has 3 saturated heterocycles. The van der Waals surface area contributed by atoms with E-state index in [2.05, 4.69) is 22.2 Å². The van der Waals surface area contributed by atoms with Crippen LogP contribution in [0.25, 0.3) is 0 Å². The third-order valence-corrected chi connectivity index (χ3v) is 4.70. The minimum absolute atomic E-state index is 0.746. The van der Waals surface area contributed by atoms with Gasteiger partial charge in [0.15, 0.2) is 0 Å². The van der Waals surface area contributed by atoms with Crippen molar-refractivity contribution in [3.8, 4) is 0 Å². The molecule has 4 rings (SSSR count). The van der Waals surface area contributed by atoms with Gasteiger partial charge in [0.05, 0.1) is 5.01 Å². The minimum atomic E-state index is 0.746. The second kappa shape index (κ2) is 3.31. The van der Waals surface area contributed by atoms with Gasteiger partial charge in [-0.2, -0.15) is 0 Å². The Bertz CT molecular complexity index is 326. The molecule has 76 valence electrons. The second-order valence-electron chi connectivity index (χ2n) is 4.57. The third-order valence-electron chi connectivity index (χ3n) is 3.61. The fourth-order valence-corrected chi connectivity index (χ4v) is 3.77. The molecule has 3 aliphatic rings. The van der Waals surface area contributed by atoms with Gasteiger partial charge in [-0.25, -0.2) is 4.98 Å².